The number of amides is 1. The summed E-state index contributed by atoms with van der Waals surface area (Å²) < 4.78 is 10.7. The molecule has 1 fully saturated rings. The van der Waals surface area contributed by atoms with Gasteiger partial charge in [-0.25, -0.2) is 0 Å². The number of rotatable bonds is 6. The predicted molar refractivity (Wildman–Crippen MR) is 126 cm³/mol. The van der Waals surface area contributed by atoms with Gasteiger partial charge < -0.3 is 14.4 Å². The first-order valence-corrected chi connectivity index (χ1v) is 11.0. The molecule has 166 valence electrons. The molecule has 1 saturated heterocycles. The number of hydrogen-bond donors (Lipinski definition) is 0. The van der Waals surface area contributed by atoms with E-state index in [0.29, 0.717) is 30.2 Å². The summed E-state index contributed by atoms with van der Waals surface area (Å²) >= 11 is 0. The number of methoxy groups -OCH3 is 2. The van der Waals surface area contributed by atoms with Crippen molar-refractivity contribution in [3.8, 4) is 11.5 Å². The van der Waals surface area contributed by atoms with E-state index in [9.17, 15) is 4.79 Å². The Bertz CT molecular complexity index is 1040. The first-order valence-electron chi connectivity index (χ1n) is 11.0. The van der Waals surface area contributed by atoms with Gasteiger partial charge in [0.15, 0.2) is 0 Å². The molecule has 0 aliphatic carbocycles. The van der Waals surface area contributed by atoms with E-state index in [1.54, 1.807) is 32.4 Å². The highest BCUT2D eigenvalue weighted by molar-refractivity contribution is 5.97. The second kappa shape index (κ2) is 9.88. The zero-order valence-electron chi connectivity index (χ0n) is 19.0. The molecule has 5 nitrogen and oxygen atoms in total. The lowest BCUT2D eigenvalue weighted by molar-refractivity contribution is 0.0594. The van der Waals surface area contributed by atoms with Crippen LogP contribution in [0.25, 0.3) is 0 Å². The normalized spacial score (nSPS) is 15.3. The van der Waals surface area contributed by atoms with Crippen LogP contribution in [0.15, 0.2) is 72.8 Å². The molecule has 0 spiro atoms. The van der Waals surface area contributed by atoms with Crippen LogP contribution in [-0.4, -0.2) is 56.1 Å². The second-order valence-corrected chi connectivity index (χ2v) is 8.12. The first kappa shape index (κ1) is 21.9. The van der Waals surface area contributed by atoms with Crippen molar-refractivity contribution in [2.45, 2.75) is 13.0 Å². The Morgan fingerprint density at radius 2 is 1.47 bits per heavy atom. The third-order valence-electron chi connectivity index (χ3n) is 6.11. The van der Waals surface area contributed by atoms with Crippen LogP contribution in [0.2, 0.25) is 0 Å². The minimum atomic E-state index is -0.00394. The SMILES string of the molecule is COc1ccc(C(=O)N2CCN([C@@H](c3ccccc3)c3ccc(C)cc3)CC2)c(OC)c1. The second-order valence-electron chi connectivity index (χ2n) is 8.12. The van der Waals surface area contributed by atoms with Crippen LogP contribution in [0, 0.1) is 6.92 Å². The summed E-state index contributed by atoms with van der Waals surface area (Å²) in [5.74, 6) is 1.21. The van der Waals surface area contributed by atoms with Crippen LogP contribution in [0.4, 0.5) is 0 Å². The van der Waals surface area contributed by atoms with Crippen LogP contribution in [0.3, 0.4) is 0 Å². The van der Waals surface area contributed by atoms with Gasteiger partial charge in [0.25, 0.3) is 5.91 Å². The molecule has 1 aliphatic rings. The molecule has 0 unspecified atom stereocenters. The molecule has 0 bridgehead atoms. The molecule has 1 amide bonds. The molecule has 1 atom stereocenters. The number of carbonyl (C=O) groups is 1. The third-order valence-corrected chi connectivity index (χ3v) is 6.11. The van der Waals surface area contributed by atoms with Crippen molar-refractivity contribution in [3.05, 3.63) is 95.1 Å². The molecule has 0 saturated carbocycles. The average molecular weight is 431 g/mol. The van der Waals surface area contributed by atoms with Crippen molar-refractivity contribution in [2.24, 2.45) is 0 Å². The number of aryl methyl sites for hydroxylation is 1. The quantitative estimate of drug-likeness (QED) is 0.575. The van der Waals surface area contributed by atoms with E-state index in [-0.39, 0.29) is 11.9 Å². The lowest BCUT2D eigenvalue weighted by Crippen LogP contribution is -2.49. The van der Waals surface area contributed by atoms with E-state index in [0.717, 1.165) is 13.1 Å². The summed E-state index contributed by atoms with van der Waals surface area (Å²) in [4.78, 5) is 17.6. The molecule has 3 aromatic rings. The first-order chi connectivity index (χ1) is 15.6. The molecule has 0 N–H and O–H groups in total. The van der Waals surface area contributed by atoms with Crippen LogP contribution < -0.4 is 9.47 Å². The molecule has 1 aliphatic heterocycles. The molecular weight excluding hydrogens is 400 g/mol. The Kier molecular flexibility index (Phi) is 6.76. The number of hydrogen-bond acceptors (Lipinski definition) is 4. The molecule has 4 rings (SSSR count). The molecule has 1 heterocycles. The molecule has 32 heavy (non-hydrogen) atoms. The van der Waals surface area contributed by atoms with Crippen molar-refractivity contribution in [1.29, 1.82) is 0 Å². The Balaban J connectivity index is 1.52. The largest absolute Gasteiger partial charge is 0.497 e. The molecular formula is C27H30N2O3. The standard InChI is InChI=1S/C27H30N2O3/c1-20-9-11-22(12-10-20)26(21-7-5-4-6-8-21)28-15-17-29(18-16-28)27(30)24-14-13-23(31-2)19-25(24)32-3/h4-14,19,26H,15-18H2,1-3H3/t26-/m0/s1. The third kappa shape index (κ3) is 4.63. The van der Waals surface area contributed by atoms with Gasteiger partial charge in [0, 0.05) is 32.2 Å². The van der Waals surface area contributed by atoms with Crippen molar-refractivity contribution in [2.75, 3.05) is 40.4 Å². The number of benzene rings is 3. The fourth-order valence-corrected chi connectivity index (χ4v) is 4.33. The van der Waals surface area contributed by atoms with E-state index < -0.39 is 0 Å². The average Bonchev–Trinajstić information content (AvgIpc) is 2.85. The molecule has 0 radical (unpaired) electrons. The van der Waals surface area contributed by atoms with Gasteiger partial charge in [-0.05, 0) is 30.2 Å². The maximum atomic E-state index is 13.2. The van der Waals surface area contributed by atoms with Gasteiger partial charge in [-0.2, -0.15) is 0 Å². The fraction of sp³-hybridized carbons (Fsp3) is 0.296. The highest BCUT2D eigenvalue weighted by Gasteiger charge is 2.29. The highest BCUT2D eigenvalue weighted by atomic mass is 16.5. The lowest BCUT2D eigenvalue weighted by Gasteiger charge is -2.40. The highest BCUT2D eigenvalue weighted by Crippen LogP contribution is 2.31. The van der Waals surface area contributed by atoms with Crippen molar-refractivity contribution in [3.63, 3.8) is 0 Å². The number of carbonyl (C=O) groups excluding carboxylic acids is 1. The fourth-order valence-electron chi connectivity index (χ4n) is 4.33. The van der Waals surface area contributed by atoms with Crippen LogP contribution in [0.1, 0.15) is 33.1 Å². The Hall–Kier alpha value is -3.31. The number of nitrogens with zero attached hydrogens (tertiary/aromatic N) is 2. The van der Waals surface area contributed by atoms with E-state index in [1.807, 2.05) is 4.90 Å². The molecule has 5 heteroatoms. The lowest BCUT2D eigenvalue weighted by atomic mass is 9.95. The smallest absolute Gasteiger partial charge is 0.257 e. The van der Waals surface area contributed by atoms with Crippen molar-refractivity contribution >= 4 is 5.91 Å². The summed E-state index contributed by atoms with van der Waals surface area (Å²) in [7, 11) is 3.18. The topological polar surface area (TPSA) is 42.0 Å². The van der Waals surface area contributed by atoms with Gasteiger partial charge >= 0.3 is 0 Å². The van der Waals surface area contributed by atoms with Gasteiger partial charge in [0.05, 0.1) is 25.8 Å². The van der Waals surface area contributed by atoms with Gasteiger partial charge in [0.2, 0.25) is 0 Å². The van der Waals surface area contributed by atoms with Crippen LogP contribution >= 0.6 is 0 Å². The molecule has 0 aromatic heterocycles. The van der Waals surface area contributed by atoms with E-state index >= 15 is 0 Å². The predicted octanol–water partition coefficient (Wildman–Crippen LogP) is 4.56. The van der Waals surface area contributed by atoms with Crippen molar-refractivity contribution in [1.82, 2.24) is 9.80 Å². The summed E-state index contributed by atoms with van der Waals surface area (Å²) in [5, 5.41) is 0. The minimum absolute atomic E-state index is 0.00394. The van der Waals surface area contributed by atoms with Gasteiger partial charge in [0.1, 0.15) is 11.5 Å². The summed E-state index contributed by atoms with van der Waals surface area (Å²) in [6.45, 7) is 5.06. The Labute approximate surface area is 190 Å². The number of piperazine rings is 1. The van der Waals surface area contributed by atoms with Crippen LogP contribution in [-0.2, 0) is 0 Å². The van der Waals surface area contributed by atoms with E-state index in [1.165, 1.54) is 16.7 Å². The van der Waals surface area contributed by atoms with Gasteiger partial charge in [-0.15, -0.1) is 0 Å². The van der Waals surface area contributed by atoms with E-state index in [4.69, 9.17) is 9.47 Å². The monoisotopic (exact) mass is 430 g/mol. The molecule has 3 aromatic carbocycles. The maximum Gasteiger partial charge on any atom is 0.257 e. The Morgan fingerprint density at radius 1 is 0.812 bits per heavy atom. The minimum Gasteiger partial charge on any atom is -0.497 e. The number of ether oxygens (including phenoxy) is 2. The van der Waals surface area contributed by atoms with Crippen molar-refractivity contribution < 1.29 is 14.3 Å². The van der Waals surface area contributed by atoms with Gasteiger partial charge in [-0.3, -0.25) is 9.69 Å². The maximum absolute atomic E-state index is 13.2. The van der Waals surface area contributed by atoms with E-state index in [2.05, 4.69) is 66.4 Å². The zero-order chi connectivity index (χ0) is 22.5. The van der Waals surface area contributed by atoms with Crippen LogP contribution in [0.5, 0.6) is 11.5 Å². The summed E-state index contributed by atoms with van der Waals surface area (Å²) in [5.41, 5.74) is 4.37. The van der Waals surface area contributed by atoms with Gasteiger partial charge in [-0.1, -0.05) is 60.2 Å². The Morgan fingerprint density at radius 3 is 2.09 bits per heavy atom. The zero-order valence-corrected chi connectivity index (χ0v) is 19.0. The summed E-state index contributed by atoms with van der Waals surface area (Å²) in [6, 6.07) is 24.9. The summed E-state index contributed by atoms with van der Waals surface area (Å²) in [6.07, 6.45) is 0.